The van der Waals surface area contributed by atoms with Crippen LogP contribution in [0, 0.1) is 0 Å². The van der Waals surface area contributed by atoms with Gasteiger partial charge in [-0.2, -0.15) is 9.78 Å². The van der Waals surface area contributed by atoms with Crippen LogP contribution in [0.1, 0.15) is 17.9 Å². The zero-order valence-electron chi connectivity index (χ0n) is 15.3. The summed E-state index contributed by atoms with van der Waals surface area (Å²) in [7, 11) is 1.68. The van der Waals surface area contributed by atoms with Crippen molar-refractivity contribution in [2.45, 2.75) is 12.3 Å². The number of anilines is 1. The quantitative estimate of drug-likeness (QED) is 0.627. The van der Waals surface area contributed by atoms with Gasteiger partial charge >= 0.3 is 0 Å². The molecule has 3 aromatic rings. The lowest BCUT2D eigenvalue weighted by atomic mass is 9.97. The molecule has 28 heavy (non-hydrogen) atoms. The van der Waals surface area contributed by atoms with Gasteiger partial charge in [0.15, 0.2) is 0 Å². The lowest BCUT2D eigenvalue weighted by Crippen LogP contribution is -2.27. The smallest absolute Gasteiger partial charge is 0.292 e. The fourth-order valence-electron chi connectivity index (χ4n) is 3.65. The van der Waals surface area contributed by atoms with Crippen molar-refractivity contribution >= 4 is 28.9 Å². The number of nitrogens with zero attached hydrogens (tertiary/aromatic N) is 3. The van der Waals surface area contributed by atoms with Crippen LogP contribution in [0.2, 0.25) is 10.0 Å². The van der Waals surface area contributed by atoms with Crippen LogP contribution in [0.4, 0.5) is 5.69 Å². The van der Waals surface area contributed by atoms with Gasteiger partial charge in [0.2, 0.25) is 0 Å². The number of benzene rings is 2. The lowest BCUT2D eigenvalue weighted by Gasteiger charge is -2.20. The number of rotatable bonds is 4. The van der Waals surface area contributed by atoms with E-state index in [0.717, 1.165) is 25.3 Å². The first kappa shape index (κ1) is 18.8. The molecule has 1 aliphatic heterocycles. The fraction of sp³-hybridized carbons (Fsp3) is 0.238. The molecule has 1 unspecified atom stereocenters. The van der Waals surface area contributed by atoms with Gasteiger partial charge < -0.3 is 9.64 Å². The van der Waals surface area contributed by atoms with E-state index in [2.05, 4.69) is 16.1 Å². The van der Waals surface area contributed by atoms with Gasteiger partial charge in [0.05, 0.1) is 24.7 Å². The second-order valence-corrected chi connectivity index (χ2v) is 7.53. The molecule has 1 saturated heterocycles. The van der Waals surface area contributed by atoms with E-state index in [-0.39, 0.29) is 10.6 Å². The van der Waals surface area contributed by atoms with Crippen LogP contribution in [0.15, 0.2) is 59.5 Å². The number of hydrogen-bond acceptors (Lipinski definition) is 4. The predicted molar refractivity (Wildman–Crippen MR) is 112 cm³/mol. The minimum Gasteiger partial charge on any atom is -0.496 e. The Balaban J connectivity index is 1.61. The van der Waals surface area contributed by atoms with Crippen molar-refractivity contribution in [1.29, 1.82) is 0 Å². The van der Waals surface area contributed by atoms with Gasteiger partial charge in [-0.15, -0.1) is 0 Å². The Hall–Kier alpha value is -2.50. The molecule has 0 saturated carbocycles. The Morgan fingerprint density at radius 1 is 1.11 bits per heavy atom. The molecule has 1 atom stereocenters. The Morgan fingerprint density at radius 2 is 1.86 bits per heavy atom. The summed E-state index contributed by atoms with van der Waals surface area (Å²) in [5.41, 5.74) is 2.11. The zero-order valence-corrected chi connectivity index (χ0v) is 16.8. The molecule has 0 radical (unpaired) electrons. The van der Waals surface area contributed by atoms with Crippen molar-refractivity contribution in [3.63, 3.8) is 0 Å². The molecule has 0 N–H and O–H groups in total. The number of para-hydroxylation sites is 1. The molecule has 4 rings (SSSR count). The van der Waals surface area contributed by atoms with E-state index in [1.165, 1.54) is 10.2 Å². The minimum atomic E-state index is -0.345. The highest BCUT2D eigenvalue weighted by molar-refractivity contribution is 6.33. The Bertz CT molecular complexity index is 1050. The standard InChI is InChI=1S/C21H19Cl2N3O2/c1-28-19-5-3-2-4-17(19)14-10-11-25(13-14)18-12-24-26(21(27)20(18)23)16-8-6-15(22)7-9-16/h2-9,12,14H,10-11,13H2,1H3. The monoisotopic (exact) mass is 415 g/mol. The summed E-state index contributed by atoms with van der Waals surface area (Å²) in [4.78, 5) is 14.9. The van der Waals surface area contributed by atoms with E-state index in [1.54, 1.807) is 37.6 Å². The van der Waals surface area contributed by atoms with Crippen LogP contribution in [-0.2, 0) is 0 Å². The zero-order chi connectivity index (χ0) is 19.7. The summed E-state index contributed by atoms with van der Waals surface area (Å²) < 4.78 is 6.78. The first-order chi connectivity index (χ1) is 13.6. The highest BCUT2D eigenvalue weighted by atomic mass is 35.5. The van der Waals surface area contributed by atoms with Crippen molar-refractivity contribution in [3.8, 4) is 11.4 Å². The van der Waals surface area contributed by atoms with E-state index < -0.39 is 0 Å². The second kappa shape index (κ2) is 7.86. The molecule has 0 aliphatic carbocycles. The fourth-order valence-corrected chi connectivity index (χ4v) is 4.02. The number of ether oxygens (including phenoxy) is 1. The number of aromatic nitrogens is 2. The maximum atomic E-state index is 12.8. The summed E-state index contributed by atoms with van der Waals surface area (Å²) in [5, 5.41) is 5.09. The van der Waals surface area contributed by atoms with Crippen molar-refractivity contribution in [2.24, 2.45) is 0 Å². The van der Waals surface area contributed by atoms with Crippen molar-refractivity contribution in [3.05, 3.63) is 80.7 Å². The van der Waals surface area contributed by atoms with E-state index in [4.69, 9.17) is 27.9 Å². The van der Waals surface area contributed by atoms with Crippen LogP contribution in [-0.4, -0.2) is 30.0 Å². The average Bonchev–Trinajstić information content (AvgIpc) is 3.20. The van der Waals surface area contributed by atoms with Crippen LogP contribution < -0.4 is 15.2 Å². The van der Waals surface area contributed by atoms with Crippen LogP contribution in [0.5, 0.6) is 5.75 Å². The molecule has 2 aromatic carbocycles. The highest BCUT2D eigenvalue weighted by Crippen LogP contribution is 2.36. The lowest BCUT2D eigenvalue weighted by molar-refractivity contribution is 0.406. The molecular weight excluding hydrogens is 397 g/mol. The van der Waals surface area contributed by atoms with Gasteiger partial charge in [-0.25, -0.2) is 0 Å². The van der Waals surface area contributed by atoms with Gasteiger partial charge in [-0.1, -0.05) is 41.4 Å². The number of hydrogen-bond donors (Lipinski definition) is 0. The third-order valence-corrected chi connectivity index (χ3v) is 5.69. The molecule has 1 aromatic heterocycles. The maximum Gasteiger partial charge on any atom is 0.292 e. The summed E-state index contributed by atoms with van der Waals surface area (Å²) in [6.07, 6.45) is 2.61. The Labute approximate surface area is 173 Å². The number of halogens is 2. The molecule has 0 spiro atoms. The van der Waals surface area contributed by atoms with E-state index in [9.17, 15) is 4.79 Å². The second-order valence-electron chi connectivity index (χ2n) is 6.71. The van der Waals surface area contributed by atoms with Gasteiger partial charge in [0.25, 0.3) is 5.56 Å². The first-order valence-corrected chi connectivity index (χ1v) is 9.75. The molecule has 2 heterocycles. The van der Waals surface area contributed by atoms with Crippen molar-refractivity contribution in [2.75, 3.05) is 25.1 Å². The van der Waals surface area contributed by atoms with Crippen LogP contribution in [0.3, 0.4) is 0 Å². The summed E-state index contributed by atoms with van der Waals surface area (Å²) in [5.74, 6) is 1.20. The molecule has 144 valence electrons. The molecule has 1 aliphatic rings. The maximum absolute atomic E-state index is 12.8. The van der Waals surface area contributed by atoms with Gasteiger partial charge in [0.1, 0.15) is 10.8 Å². The molecule has 5 nitrogen and oxygen atoms in total. The Morgan fingerprint density at radius 3 is 2.61 bits per heavy atom. The molecular formula is C21H19Cl2N3O2. The van der Waals surface area contributed by atoms with Gasteiger partial charge in [0, 0.05) is 24.0 Å². The topological polar surface area (TPSA) is 47.4 Å². The average molecular weight is 416 g/mol. The third kappa shape index (κ3) is 3.48. The Kier molecular flexibility index (Phi) is 5.29. The molecule has 1 fully saturated rings. The SMILES string of the molecule is COc1ccccc1C1CCN(c2cnn(-c3ccc(Cl)cc3)c(=O)c2Cl)C1. The van der Waals surface area contributed by atoms with Gasteiger partial charge in [-0.3, -0.25) is 4.79 Å². The third-order valence-electron chi connectivity index (χ3n) is 5.08. The van der Waals surface area contributed by atoms with Crippen LogP contribution >= 0.6 is 23.2 Å². The van der Waals surface area contributed by atoms with E-state index in [1.807, 2.05) is 18.2 Å². The molecule has 0 bridgehead atoms. The van der Waals surface area contributed by atoms with E-state index >= 15 is 0 Å². The van der Waals surface area contributed by atoms with Crippen molar-refractivity contribution in [1.82, 2.24) is 9.78 Å². The van der Waals surface area contributed by atoms with Gasteiger partial charge in [-0.05, 0) is 42.3 Å². The van der Waals surface area contributed by atoms with E-state index in [0.29, 0.717) is 22.3 Å². The predicted octanol–water partition coefficient (Wildman–Crippen LogP) is 4.54. The summed E-state index contributed by atoms with van der Waals surface area (Å²) >= 11 is 12.4. The minimum absolute atomic E-state index is 0.172. The summed E-state index contributed by atoms with van der Waals surface area (Å²) in [6.45, 7) is 1.56. The molecule has 0 amide bonds. The normalized spacial score (nSPS) is 16.4. The van der Waals surface area contributed by atoms with Crippen molar-refractivity contribution < 1.29 is 4.74 Å². The highest BCUT2D eigenvalue weighted by Gasteiger charge is 2.28. The summed E-state index contributed by atoms with van der Waals surface area (Å²) in [6, 6.07) is 14.9. The molecule has 7 heteroatoms. The number of methoxy groups -OCH3 is 1. The first-order valence-electron chi connectivity index (χ1n) is 9.00. The van der Waals surface area contributed by atoms with Crippen LogP contribution in [0.25, 0.3) is 5.69 Å². The largest absolute Gasteiger partial charge is 0.496 e.